The number of nitrogens with one attached hydrogen (secondary N) is 2. The van der Waals surface area contributed by atoms with Crippen molar-refractivity contribution >= 4 is 11.8 Å². The van der Waals surface area contributed by atoms with Crippen molar-refractivity contribution in [3.05, 3.63) is 94.1 Å². The van der Waals surface area contributed by atoms with Crippen LogP contribution < -0.4 is 10.6 Å². The summed E-state index contributed by atoms with van der Waals surface area (Å²) in [5.41, 5.74) is 4.93. The molecule has 0 aliphatic carbocycles. The van der Waals surface area contributed by atoms with Gasteiger partial charge in [-0.2, -0.15) is 0 Å². The van der Waals surface area contributed by atoms with E-state index >= 15 is 0 Å². The molecule has 4 aromatic rings. The van der Waals surface area contributed by atoms with Gasteiger partial charge in [0.25, 0.3) is 11.8 Å². The van der Waals surface area contributed by atoms with Crippen molar-refractivity contribution in [3.8, 4) is 0 Å². The van der Waals surface area contributed by atoms with Gasteiger partial charge < -0.3 is 10.6 Å². The third-order valence-corrected chi connectivity index (χ3v) is 6.07. The molecular formula is C26H28N8O2. The lowest BCUT2D eigenvalue weighted by atomic mass is 9.85. The highest BCUT2D eigenvalue weighted by Gasteiger charge is 2.20. The van der Waals surface area contributed by atoms with Crippen molar-refractivity contribution in [1.82, 2.24) is 40.6 Å². The van der Waals surface area contributed by atoms with Crippen LogP contribution in [0, 0.1) is 0 Å². The van der Waals surface area contributed by atoms with Crippen molar-refractivity contribution in [2.45, 2.75) is 52.4 Å². The van der Waals surface area contributed by atoms with Crippen molar-refractivity contribution in [2.75, 3.05) is 0 Å². The van der Waals surface area contributed by atoms with E-state index in [0.717, 1.165) is 16.7 Å². The third-order valence-electron chi connectivity index (χ3n) is 6.07. The Bertz CT molecular complexity index is 1310. The van der Waals surface area contributed by atoms with Crippen LogP contribution in [0.5, 0.6) is 0 Å². The van der Waals surface area contributed by atoms with Gasteiger partial charge in [0.15, 0.2) is 0 Å². The maximum absolute atomic E-state index is 13.0. The van der Waals surface area contributed by atoms with E-state index in [2.05, 4.69) is 31.3 Å². The number of hydrogen-bond donors (Lipinski definition) is 2. The Morgan fingerprint density at radius 2 is 1.17 bits per heavy atom. The summed E-state index contributed by atoms with van der Waals surface area (Å²) in [5.74, 6) is -0.566. The molecule has 0 saturated heterocycles. The average Bonchev–Trinajstić information content (AvgIpc) is 3.50. The number of nitrogens with zero attached hydrogens (tertiary/aromatic N) is 6. The second kappa shape index (κ2) is 9.37. The van der Waals surface area contributed by atoms with Crippen LogP contribution in [0.25, 0.3) is 0 Å². The lowest BCUT2D eigenvalue weighted by Crippen LogP contribution is -2.27. The second-order valence-corrected chi connectivity index (χ2v) is 10.0. The predicted molar refractivity (Wildman–Crippen MR) is 132 cm³/mol. The van der Waals surface area contributed by atoms with E-state index in [9.17, 15) is 9.59 Å². The van der Waals surface area contributed by atoms with Crippen LogP contribution in [0.2, 0.25) is 0 Å². The summed E-state index contributed by atoms with van der Waals surface area (Å²) in [7, 11) is 0. The van der Waals surface area contributed by atoms with Gasteiger partial charge in [0.05, 0.1) is 38.6 Å². The van der Waals surface area contributed by atoms with E-state index in [1.807, 2.05) is 69.6 Å². The first-order valence-corrected chi connectivity index (χ1v) is 11.8. The van der Waals surface area contributed by atoms with Gasteiger partial charge in [-0.1, -0.05) is 55.5 Å². The van der Waals surface area contributed by atoms with Crippen LogP contribution in [-0.2, 0) is 31.6 Å². The van der Waals surface area contributed by atoms with Gasteiger partial charge in [-0.3, -0.25) is 9.59 Å². The number of carbonyl (C=O) groups excluding carboxylic acids is 2. The molecule has 0 saturated carbocycles. The van der Waals surface area contributed by atoms with Crippen molar-refractivity contribution in [1.29, 1.82) is 0 Å². The number of carbonyl (C=O) groups is 2. The maximum Gasteiger partial charge on any atom is 0.251 e. The minimum Gasteiger partial charge on any atom is -0.346 e. The summed E-state index contributed by atoms with van der Waals surface area (Å²) >= 11 is 0. The zero-order valence-corrected chi connectivity index (χ0v) is 20.5. The largest absolute Gasteiger partial charge is 0.346 e. The van der Waals surface area contributed by atoms with E-state index in [1.54, 1.807) is 15.4 Å². The van der Waals surface area contributed by atoms with Gasteiger partial charge in [0.1, 0.15) is 11.4 Å². The molecule has 10 nitrogen and oxygen atoms in total. The Morgan fingerprint density at radius 1 is 0.722 bits per heavy atom. The first kappa shape index (κ1) is 23.4. The fraction of sp³-hybridized carbons (Fsp3) is 0.308. The van der Waals surface area contributed by atoms with E-state index in [-0.39, 0.29) is 30.3 Å². The molecule has 2 aromatic heterocycles. The van der Waals surface area contributed by atoms with E-state index < -0.39 is 0 Å². The van der Waals surface area contributed by atoms with Crippen LogP contribution in [0.1, 0.15) is 69.6 Å². The highest BCUT2D eigenvalue weighted by molar-refractivity contribution is 6.00. The third kappa shape index (κ3) is 5.32. The number of hydrogen-bond acceptors (Lipinski definition) is 6. The van der Waals surface area contributed by atoms with E-state index in [0.29, 0.717) is 35.6 Å². The first-order valence-electron chi connectivity index (χ1n) is 11.8. The standard InChI is InChI=1S/C26H28N8O2/c1-26(2,3)21-9-19-8-20(10-21)25(36)28-12-23-16-34(32-30-23)14-18-5-4-17(6-7-18)13-33-15-22(29-31-33)11-27-24(19)35/h4-10,15-16H,11-14H2,1-3H3,(H,27,35)(H,28,36). The molecule has 2 aliphatic rings. The van der Waals surface area contributed by atoms with Crippen LogP contribution in [-0.4, -0.2) is 41.8 Å². The molecule has 184 valence electrons. The molecule has 0 fully saturated rings. The van der Waals surface area contributed by atoms with Crippen molar-refractivity contribution < 1.29 is 9.59 Å². The summed E-state index contributed by atoms with van der Waals surface area (Å²) in [6, 6.07) is 13.4. The summed E-state index contributed by atoms with van der Waals surface area (Å²) < 4.78 is 3.48. The molecule has 8 bridgehead atoms. The molecule has 2 aromatic carbocycles. The summed E-state index contributed by atoms with van der Waals surface area (Å²) in [4.78, 5) is 26.1. The van der Waals surface area contributed by atoms with Gasteiger partial charge >= 0.3 is 0 Å². The number of rotatable bonds is 0. The molecular weight excluding hydrogens is 456 g/mol. The summed E-state index contributed by atoms with van der Waals surface area (Å²) in [6.45, 7) is 7.73. The SMILES string of the molecule is CC(C)(C)c1cc2cc(c1)C(=O)NCc1cn(nn1)Cc1ccc(cc1)Cn1cc(nn1)CNC2=O. The topological polar surface area (TPSA) is 120 Å². The number of benzene rings is 2. The minimum absolute atomic E-state index is 0.230. The molecule has 2 N–H and O–H groups in total. The van der Waals surface area contributed by atoms with Crippen LogP contribution >= 0.6 is 0 Å². The molecule has 0 unspecified atom stereocenters. The Kier molecular flexibility index (Phi) is 6.09. The Hall–Kier alpha value is -4.34. The molecule has 4 heterocycles. The zero-order valence-electron chi connectivity index (χ0n) is 20.5. The van der Waals surface area contributed by atoms with Gasteiger partial charge in [0, 0.05) is 11.1 Å². The van der Waals surface area contributed by atoms with Crippen molar-refractivity contribution in [3.63, 3.8) is 0 Å². The smallest absolute Gasteiger partial charge is 0.251 e. The van der Waals surface area contributed by atoms with Crippen LogP contribution in [0.3, 0.4) is 0 Å². The average molecular weight is 485 g/mol. The highest BCUT2D eigenvalue weighted by atomic mass is 16.2. The van der Waals surface area contributed by atoms with Gasteiger partial charge in [0.2, 0.25) is 0 Å². The van der Waals surface area contributed by atoms with Gasteiger partial charge in [-0.05, 0) is 40.3 Å². The fourth-order valence-electron chi connectivity index (χ4n) is 3.99. The quantitative estimate of drug-likeness (QED) is 0.396. The molecule has 0 spiro atoms. The van der Waals surface area contributed by atoms with E-state index in [4.69, 9.17) is 0 Å². The molecule has 0 radical (unpaired) electrons. The lowest BCUT2D eigenvalue weighted by molar-refractivity contribution is 0.0950. The maximum atomic E-state index is 13.0. The molecule has 36 heavy (non-hydrogen) atoms. The molecule has 0 atom stereocenters. The molecule has 2 aliphatic heterocycles. The monoisotopic (exact) mass is 484 g/mol. The first-order chi connectivity index (χ1) is 17.2. The van der Waals surface area contributed by atoms with Gasteiger partial charge in [-0.25, -0.2) is 9.36 Å². The second-order valence-electron chi connectivity index (χ2n) is 10.0. The van der Waals surface area contributed by atoms with Crippen molar-refractivity contribution in [2.24, 2.45) is 0 Å². The lowest BCUT2D eigenvalue weighted by Gasteiger charge is -2.21. The molecule has 10 heteroatoms. The minimum atomic E-state index is -0.283. The highest BCUT2D eigenvalue weighted by Crippen LogP contribution is 2.25. The molecule has 6 rings (SSSR count). The summed E-state index contributed by atoms with van der Waals surface area (Å²) in [6.07, 6.45) is 3.64. The van der Waals surface area contributed by atoms with Crippen LogP contribution in [0.15, 0.2) is 54.9 Å². The fourth-order valence-corrected chi connectivity index (χ4v) is 3.99. The normalized spacial score (nSPS) is 14.6. The number of aromatic nitrogens is 6. The molecule has 2 amide bonds. The van der Waals surface area contributed by atoms with Crippen LogP contribution in [0.4, 0.5) is 0 Å². The Balaban J connectivity index is 1.48. The number of fused-ring (bicyclic) bond motifs is 6. The van der Waals surface area contributed by atoms with Gasteiger partial charge in [-0.15, -0.1) is 10.2 Å². The predicted octanol–water partition coefficient (Wildman–Crippen LogP) is 2.44. The zero-order chi connectivity index (χ0) is 25.3. The Morgan fingerprint density at radius 3 is 1.58 bits per heavy atom. The Labute approximate surface area is 208 Å². The van der Waals surface area contributed by atoms with E-state index in [1.165, 1.54) is 0 Å². The number of amides is 2. The summed E-state index contributed by atoms with van der Waals surface area (Å²) in [5, 5.41) is 22.5.